The number of aryl methyl sites for hydroxylation is 1. The third-order valence-electron chi connectivity index (χ3n) is 6.51. The first-order valence-corrected chi connectivity index (χ1v) is 12.7. The molecule has 0 aromatic carbocycles. The van der Waals surface area contributed by atoms with E-state index in [2.05, 4.69) is 24.8 Å². The van der Waals surface area contributed by atoms with Crippen LogP contribution < -0.4 is 20.1 Å². The molecule has 11 heteroatoms. The van der Waals surface area contributed by atoms with Gasteiger partial charge in [-0.25, -0.2) is 9.97 Å². The highest BCUT2D eigenvalue weighted by Crippen LogP contribution is 2.34. The number of rotatable bonds is 11. The maximum Gasteiger partial charge on any atom is 0.307 e. The summed E-state index contributed by atoms with van der Waals surface area (Å²) in [5, 5.41) is 0. The lowest BCUT2D eigenvalue weighted by atomic mass is 9.91. The van der Waals surface area contributed by atoms with Crippen LogP contribution in [0, 0.1) is 6.92 Å². The van der Waals surface area contributed by atoms with Crippen molar-refractivity contribution >= 4 is 23.7 Å². The summed E-state index contributed by atoms with van der Waals surface area (Å²) in [5.41, 5.74) is 9.02. The van der Waals surface area contributed by atoms with Crippen LogP contribution in [0.1, 0.15) is 37.1 Å². The van der Waals surface area contributed by atoms with Crippen LogP contribution in [0.4, 0.5) is 5.95 Å². The fourth-order valence-corrected chi connectivity index (χ4v) is 4.18. The number of nitrogens with zero attached hydrogens (tertiary/aromatic N) is 6. The van der Waals surface area contributed by atoms with Gasteiger partial charge >= 0.3 is 5.97 Å². The number of methoxy groups -OCH3 is 2. The Labute approximate surface area is 227 Å². The molecule has 1 aliphatic rings. The number of allylic oxidation sites excluding steroid dienone is 1. The molecular weight excluding hydrogens is 498 g/mol. The first kappa shape index (κ1) is 27.5. The van der Waals surface area contributed by atoms with E-state index in [1.165, 1.54) is 13.3 Å². The van der Waals surface area contributed by atoms with E-state index in [0.717, 1.165) is 19.3 Å². The SMILES string of the molecule is CN=CC(=CN)c1cc(Oc2ccc(-c3cnc(N(CCC(=O)OC)C4CCC4)nc3OC)nc2C)ccn1. The van der Waals surface area contributed by atoms with Gasteiger partial charge in [-0.2, -0.15) is 4.98 Å². The van der Waals surface area contributed by atoms with Gasteiger partial charge in [0.25, 0.3) is 0 Å². The Bertz CT molecular complexity index is 1370. The summed E-state index contributed by atoms with van der Waals surface area (Å²) in [6.45, 7) is 2.34. The summed E-state index contributed by atoms with van der Waals surface area (Å²) in [5.74, 6) is 1.84. The number of esters is 1. The summed E-state index contributed by atoms with van der Waals surface area (Å²) < 4.78 is 16.5. The summed E-state index contributed by atoms with van der Waals surface area (Å²) in [7, 11) is 4.63. The number of hydrogen-bond acceptors (Lipinski definition) is 11. The average molecular weight is 532 g/mol. The minimum Gasteiger partial charge on any atom is -0.480 e. The first-order chi connectivity index (χ1) is 19.0. The minimum absolute atomic E-state index is 0.262. The topological polar surface area (TPSA) is 138 Å². The number of pyridine rings is 2. The van der Waals surface area contributed by atoms with Crippen molar-refractivity contribution in [2.24, 2.45) is 10.7 Å². The maximum absolute atomic E-state index is 11.8. The Morgan fingerprint density at radius 1 is 1.21 bits per heavy atom. The third-order valence-corrected chi connectivity index (χ3v) is 6.51. The zero-order chi connectivity index (χ0) is 27.8. The highest BCUT2D eigenvalue weighted by Gasteiger charge is 2.28. The van der Waals surface area contributed by atoms with E-state index in [1.807, 2.05) is 19.1 Å². The number of aliphatic imine (C=N–C) groups is 1. The van der Waals surface area contributed by atoms with E-state index in [4.69, 9.17) is 24.9 Å². The fraction of sp³-hybridized carbons (Fsp3) is 0.357. The van der Waals surface area contributed by atoms with Crippen molar-refractivity contribution in [1.82, 2.24) is 19.9 Å². The zero-order valence-electron chi connectivity index (χ0n) is 22.6. The van der Waals surface area contributed by atoms with Gasteiger partial charge in [-0.1, -0.05) is 0 Å². The number of aromatic nitrogens is 4. The molecule has 4 rings (SSSR count). The molecule has 0 amide bonds. The molecular formula is C28H33N7O4. The maximum atomic E-state index is 11.8. The summed E-state index contributed by atoms with van der Waals surface area (Å²) in [6.07, 6.45) is 9.92. The molecule has 204 valence electrons. The second-order valence-electron chi connectivity index (χ2n) is 8.97. The first-order valence-electron chi connectivity index (χ1n) is 12.7. The van der Waals surface area contributed by atoms with Gasteiger partial charge in [-0.05, 0) is 44.4 Å². The quantitative estimate of drug-likeness (QED) is 0.286. The molecule has 1 aliphatic carbocycles. The van der Waals surface area contributed by atoms with Gasteiger partial charge in [0.1, 0.15) is 11.5 Å². The number of anilines is 1. The number of hydrogen-bond donors (Lipinski definition) is 1. The Balaban J connectivity index is 1.56. The fourth-order valence-electron chi connectivity index (χ4n) is 4.18. The van der Waals surface area contributed by atoms with Gasteiger partial charge in [-0.3, -0.25) is 14.8 Å². The predicted molar refractivity (Wildman–Crippen MR) is 149 cm³/mol. The molecule has 0 unspecified atom stereocenters. The molecule has 0 spiro atoms. The monoisotopic (exact) mass is 531 g/mol. The van der Waals surface area contributed by atoms with Crippen molar-refractivity contribution in [2.45, 2.75) is 38.6 Å². The molecule has 0 bridgehead atoms. The van der Waals surface area contributed by atoms with Crippen molar-refractivity contribution < 1.29 is 19.0 Å². The van der Waals surface area contributed by atoms with Crippen molar-refractivity contribution in [3.63, 3.8) is 0 Å². The summed E-state index contributed by atoms with van der Waals surface area (Å²) in [4.78, 5) is 36.2. The van der Waals surface area contributed by atoms with E-state index in [0.29, 0.717) is 64.1 Å². The molecule has 0 atom stereocenters. The zero-order valence-corrected chi connectivity index (χ0v) is 22.6. The average Bonchev–Trinajstić information content (AvgIpc) is 2.93. The van der Waals surface area contributed by atoms with Gasteiger partial charge in [0.15, 0.2) is 0 Å². The van der Waals surface area contributed by atoms with Crippen LogP contribution in [0.2, 0.25) is 0 Å². The number of nitrogens with two attached hydrogens (primary N) is 1. The van der Waals surface area contributed by atoms with Crippen LogP contribution in [0.15, 0.2) is 47.9 Å². The predicted octanol–water partition coefficient (Wildman–Crippen LogP) is 3.97. The van der Waals surface area contributed by atoms with E-state index < -0.39 is 0 Å². The Hall–Kier alpha value is -4.54. The van der Waals surface area contributed by atoms with Crippen molar-refractivity contribution in [2.75, 3.05) is 32.7 Å². The van der Waals surface area contributed by atoms with Crippen LogP contribution in [-0.2, 0) is 9.53 Å². The van der Waals surface area contributed by atoms with E-state index in [-0.39, 0.29) is 12.4 Å². The third kappa shape index (κ3) is 6.49. The highest BCUT2D eigenvalue weighted by atomic mass is 16.5. The van der Waals surface area contributed by atoms with E-state index >= 15 is 0 Å². The Morgan fingerprint density at radius 3 is 2.67 bits per heavy atom. The van der Waals surface area contributed by atoms with E-state index in [1.54, 1.807) is 44.9 Å². The minimum atomic E-state index is -0.265. The van der Waals surface area contributed by atoms with Crippen molar-refractivity contribution in [3.8, 4) is 28.6 Å². The van der Waals surface area contributed by atoms with Gasteiger partial charge in [0.2, 0.25) is 11.8 Å². The standard InChI is InChI=1S/C28H33N7O4/c1-18-25(39-21-10-12-31-24(14-21)19(15-29)16-30-2)9-8-23(33-18)22-17-32-28(34-27(22)38-4)35(20-6-5-7-20)13-11-26(36)37-3/h8-10,12,14-17,20H,5-7,11,13,29H2,1-4H3. The molecule has 2 N–H and O–H groups in total. The van der Waals surface area contributed by atoms with Crippen LogP contribution in [0.5, 0.6) is 17.4 Å². The number of ether oxygens (including phenoxy) is 3. The van der Waals surface area contributed by atoms with Crippen LogP contribution >= 0.6 is 0 Å². The Morgan fingerprint density at radius 2 is 2.03 bits per heavy atom. The van der Waals surface area contributed by atoms with E-state index in [9.17, 15) is 4.79 Å². The van der Waals surface area contributed by atoms with Crippen LogP contribution in [0.25, 0.3) is 16.8 Å². The largest absolute Gasteiger partial charge is 0.480 e. The number of carbonyl (C=O) groups excluding carboxylic acids is 1. The molecule has 11 nitrogen and oxygen atoms in total. The number of carbonyl (C=O) groups is 1. The van der Waals surface area contributed by atoms with Crippen LogP contribution in [0.3, 0.4) is 0 Å². The molecule has 0 saturated heterocycles. The molecule has 3 aromatic heterocycles. The molecule has 39 heavy (non-hydrogen) atoms. The van der Waals surface area contributed by atoms with Crippen LogP contribution in [-0.4, -0.2) is 66.0 Å². The van der Waals surface area contributed by atoms with Crippen molar-refractivity contribution in [3.05, 3.63) is 54.2 Å². The highest BCUT2D eigenvalue weighted by molar-refractivity contribution is 6.08. The lowest BCUT2D eigenvalue weighted by Gasteiger charge is -2.37. The van der Waals surface area contributed by atoms with Gasteiger partial charge in [0, 0.05) is 56.1 Å². The molecule has 0 radical (unpaired) electrons. The normalized spacial score (nSPS) is 13.7. The Kier molecular flexibility index (Phi) is 9.03. The second kappa shape index (κ2) is 12.8. The second-order valence-corrected chi connectivity index (χ2v) is 8.97. The molecule has 1 fully saturated rings. The van der Waals surface area contributed by atoms with Gasteiger partial charge < -0.3 is 24.8 Å². The van der Waals surface area contributed by atoms with Crippen molar-refractivity contribution in [1.29, 1.82) is 0 Å². The summed E-state index contributed by atoms with van der Waals surface area (Å²) >= 11 is 0. The summed E-state index contributed by atoms with van der Waals surface area (Å²) in [6, 6.07) is 7.52. The van der Waals surface area contributed by atoms with Gasteiger partial charge in [-0.15, -0.1) is 0 Å². The lowest BCUT2D eigenvalue weighted by molar-refractivity contribution is -0.140. The molecule has 1 saturated carbocycles. The molecule has 3 heterocycles. The molecule has 0 aliphatic heterocycles. The van der Waals surface area contributed by atoms with Gasteiger partial charge in [0.05, 0.1) is 43.3 Å². The molecule has 3 aromatic rings. The smallest absolute Gasteiger partial charge is 0.307 e. The lowest BCUT2D eigenvalue weighted by Crippen LogP contribution is -2.42.